The maximum Gasteiger partial charge on any atom is 0.241 e. The number of carbonyl (C=O) groups is 1. The first kappa shape index (κ1) is 18.1. The second-order valence-corrected chi connectivity index (χ2v) is 8.73. The number of nitrogens with one attached hydrogen (secondary N) is 2. The molecule has 5 nitrogen and oxygen atoms in total. The molecule has 1 fully saturated rings. The summed E-state index contributed by atoms with van der Waals surface area (Å²) in [6.07, 6.45) is 2.19. The quantitative estimate of drug-likeness (QED) is 0.719. The van der Waals surface area contributed by atoms with Crippen molar-refractivity contribution in [2.75, 3.05) is 0 Å². The van der Waals surface area contributed by atoms with E-state index < -0.39 is 16.1 Å². The van der Waals surface area contributed by atoms with Crippen LogP contribution >= 0.6 is 15.9 Å². The van der Waals surface area contributed by atoms with Gasteiger partial charge in [0.15, 0.2) is 0 Å². The van der Waals surface area contributed by atoms with Crippen LogP contribution in [0.25, 0.3) is 0 Å². The van der Waals surface area contributed by atoms with Gasteiger partial charge in [0.05, 0.1) is 4.90 Å². The molecule has 132 valence electrons. The third-order valence-corrected chi connectivity index (χ3v) is 5.89. The molecule has 3 rings (SSSR count). The molecule has 0 radical (unpaired) electrons. The van der Waals surface area contributed by atoms with E-state index in [2.05, 4.69) is 26.0 Å². The topological polar surface area (TPSA) is 75.3 Å². The molecule has 1 aliphatic carbocycles. The zero-order valence-corrected chi connectivity index (χ0v) is 15.9. The van der Waals surface area contributed by atoms with Crippen LogP contribution in [0.1, 0.15) is 18.4 Å². The van der Waals surface area contributed by atoms with Gasteiger partial charge >= 0.3 is 0 Å². The Morgan fingerprint density at radius 1 is 1.12 bits per heavy atom. The van der Waals surface area contributed by atoms with Crippen molar-refractivity contribution in [2.24, 2.45) is 0 Å². The number of rotatable bonds is 7. The Balaban J connectivity index is 1.81. The second-order valence-electron chi connectivity index (χ2n) is 6.10. The van der Waals surface area contributed by atoms with Crippen LogP contribution in [-0.4, -0.2) is 26.4 Å². The molecular formula is C18H19BrN2O3S. The minimum atomic E-state index is -3.80. The highest BCUT2D eigenvalue weighted by atomic mass is 79.9. The van der Waals surface area contributed by atoms with Gasteiger partial charge in [0.25, 0.3) is 0 Å². The Labute approximate surface area is 156 Å². The molecule has 1 aliphatic rings. The lowest BCUT2D eigenvalue weighted by Crippen LogP contribution is -2.48. The van der Waals surface area contributed by atoms with Gasteiger partial charge in [0.1, 0.15) is 6.04 Å². The van der Waals surface area contributed by atoms with Crippen LogP contribution < -0.4 is 10.0 Å². The lowest BCUT2D eigenvalue weighted by molar-refractivity contribution is -0.122. The van der Waals surface area contributed by atoms with Crippen molar-refractivity contribution in [1.82, 2.24) is 10.0 Å². The predicted octanol–water partition coefficient (Wildman–Crippen LogP) is 2.62. The van der Waals surface area contributed by atoms with Crippen molar-refractivity contribution in [3.63, 3.8) is 0 Å². The van der Waals surface area contributed by atoms with E-state index in [9.17, 15) is 13.2 Å². The summed E-state index contributed by atoms with van der Waals surface area (Å²) in [4.78, 5) is 12.7. The first-order chi connectivity index (χ1) is 11.9. The highest BCUT2D eigenvalue weighted by molar-refractivity contribution is 9.10. The lowest BCUT2D eigenvalue weighted by atomic mass is 10.1. The fourth-order valence-electron chi connectivity index (χ4n) is 2.46. The number of hydrogen-bond acceptors (Lipinski definition) is 3. The van der Waals surface area contributed by atoms with E-state index in [0.29, 0.717) is 10.9 Å². The van der Waals surface area contributed by atoms with Gasteiger partial charge in [0.2, 0.25) is 15.9 Å². The van der Waals surface area contributed by atoms with Crippen molar-refractivity contribution in [1.29, 1.82) is 0 Å². The fraction of sp³-hybridized carbons (Fsp3) is 0.278. The third-order valence-electron chi connectivity index (χ3n) is 3.93. The summed E-state index contributed by atoms with van der Waals surface area (Å²) in [7, 11) is -3.80. The molecule has 1 saturated carbocycles. The highest BCUT2D eigenvalue weighted by Crippen LogP contribution is 2.20. The number of carbonyl (C=O) groups excluding carboxylic acids is 1. The van der Waals surface area contributed by atoms with Crippen LogP contribution in [0.3, 0.4) is 0 Å². The van der Waals surface area contributed by atoms with Crippen LogP contribution in [0.5, 0.6) is 0 Å². The highest BCUT2D eigenvalue weighted by Gasteiger charge is 2.30. The summed E-state index contributed by atoms with van der Waals surface area (Å²) in [5.74, 6) is -0.287. The summed E-state index contributed by atoms with van der Waals surface area (Å²) < 4.78 is 28.6. The standard InChI is InChI=1S/C18H19BrN2O3S/c19-14-7-4-8-16(12-14)25(23,24)21-17(18(22)20-15-9-10-15)11-13-5-2-1-3-6-13/h1-8,12,15,17,21H,9-11H2,(H,20,22). The van der Waals surface area contributed by atoms with E-state index in [1.807, 2.05) is 30.3 Å². The SMILES string of the molecule is O=C(NC1CC1)C(Cc1ccccc1)NS(=O)(=O)c1cccc(Br)c1. The summed E-state index contributed by atoms with van der Waals surface area (Å²) >= 11 is 3.27. The average molecular weight is 423 g/mol. The molecule has 2 aromatic carbocycles. The van der Waals surface area contributed by atoms with Crippen molar-refractivity contribution in [3.8, 4) is 0 Å². The van der Waals surface area contributed by atoms with E-state index in [4.69, 9.17) is 0 Å². The van der Waals surface area contributed by atoms with Gasteiger partial charge in [0, 0.05) is 10.5 Å². The third kappa shape index (κ3) is 5.14. The number of benzene rings is 2. The van der Waals surface area contributed by atoms with Gasteiger partial charge in [-0.15, -0.1) is 0 Å². The van der Waals surface area contributed by atoms with Gasteiger partial charge in [-0.2, -0.15) is 4.72 Å². The summed E-state index contributed by atoms with van der Waals surface area (Å²) in [6.45, 7) is 0. The zero-order chi connectivity index (χ0) is 17.9. The first-order valence-corrected chi connectivity index (χ1v) is 10.3. The Morgan fingerprint density at radius 3 is 2.48 bits per heavy atom. The maximum atomic E-state index is 12.7. The molecule has 0 aliphatic heterocycles. The van der Waals surface area contributed by atoms with Gasteiger partial charge in [-0.3, -0.25) is 4.79 Å². The second kappa shape index (κ2) is 7.68. The molecule has 0 spiro atoms. The molecule has 0 saturated heterocycles. The molecule has 7 heteroatoms. The smallest absolute Gasteiger partial charge is 0.241 e. The van der Waals surface area contributed by atoms with Crippen LogP contribution in [0.2, 0.25) is 0 Å². The zero-order valence-electron chi connectivity index (χ0n) is 13.5. The van der Waals surface area contributed by atoms with E-state index in [1.54, 1.807) is 12.1 Å². The molecule has 1 amide bonds. The molecule has 1 atom stereocenters. The van der Waals surface area contributed by atoms with Crippen molar-refractivity contribution in [2.45, 2.75) is 36.2 Å². The molecule has 0 bridgehead atoms. The lowest BCUT2D eigenvalue weighted by Gasteiger charge is -2.19. The summed E-state index contributed by atoms with van der Waals surface area (Å²) in [5, 5.41) is 2.88. The molecular weight excluding hydrogens is 404 g/mol. The molecule has 0 heterocycles. The van der Waals surface area contributed by atoms with Gasteiger partial charge in [-0.05, 0) is 43.0 Å². The van der Waals surface area contributed by atoms with Crippen molar-refractivity contribution < 1.29 is 13.2 Å². The first-order valence-electron chi connectivity index (χ1n) is 8.06. The van der Waals surface area contributed by atoms with Crippen LogP contribution in [0, 0.1) is 0 Å². The maximum absolute atomic E-state index is 12.7. The number of halogens is 1. The molecule has 1 unspecified atom stereocenters. The normalized spacial score (nSPS) is 15.6. The minimum absolute atomic E-state index is 0.124. The Bertz CT molecular complexity index is 852. The molecule has 0 aromatic heterocycles. The molecule has 25 heavy (non-hydrogen) atoms. The predicted molar refractivity (Wildman–Crippen MR) is 99.6 cm³/mol. The van der Waals surface area contributed by atoms with Crippen molar-refractivity contribution in [3.05, 3.63) is 64.6 Å². The van der Waals surface area contributed by atoms with Crippen LogP contribution in [0.15, 0.2) is 64.0 Å². The number of sulfonamides is 1. The number of hydrogen-bond donors (Lipinski definition) is 2. The summed E-state index contributed by atoms with van der Waals surface area (Å²) in [6, 6.07) is 15.1. The Kier molecular flexibility index (Phi) is 5.56. The fourth-order valence-corrected chi connectivity index (χ4v) is 4.25. The van der Waals surface area contributed by atoms with Crippen molar-refractivity contribution >= 4 is 31.9 Å². The van der Waals surface area contributed by atoms with Crippen LogP contribution in [-0.2, 0) is 21.2 Å². The van der Waals surface area contributed by atoms with E-state index >= 15 is 0 Å². The van der Waals surface area contributed by atoms with E-state index in [0.717, 1.165) is 18.4 Å². The molecule has 2 aromatic rings. The van der Waals surface area contributed by atoms with Crippen LogP contribution in [0.4, 0.5) is 0 Å². The van der Waals surface area contributed by atoms with Gasteiger partial charge < -0.3 is 5.32 Å². The summed E-state index contributed by atoms with van der Waals surface area (Å²) in [5.41, 5.74) is 0.899. The average Bonchev–Trinajstić information content (AvgIpc) is 3.39. The number of amides is 1. The largest absolute Gasteiger partial charge is 0.352 e. The minimum Gasteiger partial charge on any atom is -0.352 e. The van der Waals surface area contributed by atoms with E-state index in [-0.39, 0.29) is 16.8 Å². The Hall–Kier alpha value is -1.70. The Morgan fingerprint density at radius 2 is 1.84 bits per heavy atom. The monoisotopic (exact) mass is 422 g/mol. The molecule has 2 N–H and O–H groups in total. The van der Waals surface area contributed by atoms with Gasteiger partial charge in [-0.25, -0.2) is 8.42 Å². The van der Waals surface area contributed by atoms with E-state index in [1.165, 1.54) is 12.1 Å². The van der Waals surface area contributed by atoms with Gasteiger partial charge in [-0.1, -0.05) is 52.3 Å².